The lowest BCUT2D eigenvalue weighted by molar-refractivity contribution is -0.0358. The Balaban J connectivity index is 1.16. The van der Waals surface area contributed by atoms with Gasteiger partial charge in [0.25, 0.3) is 0 Å². The molecule has 3 aliphatic rings. The third kappa shape index (κ3) is 4.93. The number of rotatable bonds is 7. The van der Waals surface area contributed by atoms with Crippen LogP contribution in [0.5, 0.6) is 11.5 Å². The molecule has 0 radical (unpaired) electrons. The highest BCUT2D eigenvalue weighted by Crippen LogP contribution is 2.33. The van der Waals surface area contributed by atoms with Gasteiger partial charge in [0.15, 0.2) is 11.5 Å². The van der Waals surface area contributed by atoms with Crippen LogP contribution in [0.4, 0.5) is 0 Å². The maximum atomic E-state index is 10.3. The first kappa shape index (κ1) is 19.0. The fourth-order valence-corrected chi connectivity index (χ4v) is 4.37. The molecule has 1 aliphatic carbocycles. The number of aliphatic hydroxyl groups is 1. The first-order valence-corrected chi connectivity index (χ1v) is 10.3. The number of β-amino-alcohol motifs (C(OH)–C–C–N with tert-alkyl or cyclic N) is 1. The van der Waals surface area contributed by atoms with Crippen LogP contribution in [-0.4, -0.2) is 73.2 Å². The molecule has 2 heterocycles. The summed E-state index contributed by atoms with van der Waals surface area (Å²) in [6.45, 7) is 8.68. The second kappa shape index (κ2) is 8.78. The van der Waals surface area contributed by atoms with E-state index >= 15 is 0 Å². The number of hydrogen-bond donors (Lipinski definition) is 1. The number of benzene rings is 1. The van der Waals surface area contributed by atoms with Crippen LogP contribution >= 0.6 is 0 Å². The first-order chi connectivity index (χ1) is 13.2. The van der Waals surface area contributed by atoms with Crippen LogP contribution in [0.25, 0.3) is 0 Å². The fourth-order valence-electron chi connectivity index (χ4n) is 4.37. The zero-order valence-electron chi connectivity index (χ0n) is 16.3. The molecule has 2 aliphatic heterocycles. The summed E-state index contributed by atoms with van der Waals surface area (Å²) in [5, 5.41) is 10.3. The van der Waals surface area contributed by atoms with Crippen molar-refractivity contribution in [3.8, 4) is 11.5 Å². The molecule has 2 fully saturated rings. The normalized spacial score (nSPS) is 27.2. The molecule has 6 nitrogen and oxygen atoms in total. The molecule has 1 saturated heterocycles. The average molecular weight is 376 g/mol. The highest BCUT2D eigenvalue weighted by atomic mass is 16.7. The van der Waals surface area contributed by atoms with Gasteiger partial charge in [-0.1, -0.05) is 19.4 Å². The third-order valence-corrected chi connectivity index (χ3v) is 6.06. The number of aliphatic hydroxyl groups excluding tert-OH is 1. The number of fused-ring (bicyclic) bond motifs is 1. The predicted octanol–water partition coefficient (Wildman–Crippen LogP) is 2.10. The molecule has 1 saturated carbocycles. The van der Waals surface area contributed by atoms with Crippen molar-refractivity contribution in [3.63, 3.8) is 0 Å². The van der Waals surface area contributed by atoms with Crippen molar-refractivity contribution in [2.75, 3.05) is 46.1 Å². The van der Waals surface area contributed by atoms with E-state index in [-0.39, 0.29) is 0 Å². The van der Waals surface area contributed by atoms with Crippen LogP contribution in [0.2, 0.25) is 0 Å². The summed E-state index contributed by atoms with van der Waals surface area (Å²) in [5.74, 6) is 2.33. The van der Waals surface area contributed by atoms with E-state index in [0.717, 1.165) is 50.6 Å². The van der Waals surface area contributed by atoms with Crippen LogP contribution < -0.4 is 9.47 Å². The summed E-state index contributed by atoms with van der Waals surface area (Å²) in [4.78, 5) is 4.80. The summed E-state index contributed by atoms with van der Waals surface area (Å²) in [6.07, 6.45) is 3.61. The Kier molecular flexibility index (Phi) is 6.18. The van der Waals surface area contributed by atoms with Crippen LogP contribution in [-0.2, 0) is 11.3 Å². The quantitative estimate of drug-likeness (QED) is 0.787. The van der Waals surface area contributed by atoms with Crippen LogP contribution in [0.3, 0.4) is 0 Å². The Labute approximate surface area is 162 Å². The molecule has 0 unspecified atom stereocenters. The molecule has 1 aromatic carbocycles. The topological polar surface area (TPSA) is 54.4 Å². The number of ether oxygens (including phenoxy) is 3. The zero-order valence-corrected chi connectivity index (χ0v) is 16.3. The Morgan fingerprint density at radius 2 is 1.89 bits per heavy atom. The summed E-state index contributed by atoms with van der Waals surface area (Å²) >= 11 is 0. The van der Waals surface area contributed by atoms with E-state index in [1.807, 2.05) is 6.07 Å². The molecular formula is C21H32N2O4. The molecule has 1 N–H and O–H groups in total. The lowest BCUT2D eigenvalue weighted by Gasteiger charge is -2.35. The van der Waals surface area contributed by atoms with Gasteiger partial charge in [-0.3, -0.25) is 9.80 Å². The van der Waals surface area contributed by atoms with E-state index < -0.39 is 6.10 Å². The van der Waals surface area contributed by atoms with Gasteiger partial charge >= 0.3 is 0 Å². The molecular weight excluding hydrogens is 344 g/mol. The Hall–Kier alpha value is -1.34. The highest BCUT2D eigenvalue weighted by Gasteiger charge is 2.26. The summed E-state index contributed by atoms with van der Waals surface area (Å²) in [7, 11) is 0. The van der Waals surface area contributed by atoms with Crippen molar-refractivity contribution in [2.24, 2.45) is 5.92 Å². The smallest absolute Gasteiger partial charge is 0.231 e. The van der Waals surface area contributed by atoms with Crippen molar-refractivity contribution in [1.82, 2.24) is 9.80 Å². The van der Waals surface area contributed by atoms with Gasteiger partial charge in [-0.25, -0.2) is 0 Å². The molecule has 0 spiro atoms. The number of nitrogens with zero attached hydrogens (tertiary/aromatic N) is 2. The lowest BCUT2D eigenvalue weighted by atomic mass is 10.1. The molecule has 1 aromatic rings. The van der Waals surface area contributed by atoms with Crippen LogP contribution in [0.1, 0.15) is 31.7 Å². The Morgan fingerprint density at radius 1 is 1.11 bits per heavy atom. The van der Waals surface area contributed by atoms with Crippen molar-refractivity contribution < 1.29 is 19.3 Å². The SMILES string of the molecule is C[C@@H]1CCC[C@@H]1OC[C@H](O)CN1CCN(Cc2ccc3c(c2)OCO3)CC1. The Bertz CT molecular complexity index is 618. The van der Waals surface area contributed by atoms with E-state index in [9.17, 15) is 5.11 Å². The summed E-state index contributed by atoms with van der Waals surface area (Å²) in [6, 6.07) is 6.19. The molecule has 0 aromatic heterocycles. The minimum Gasteiger partial charge on any atom is -0.454 e. The van der Waals surface area contributed by atoms with Gasteiger partial charge in [-0.05, 0) is 36.5 Å². The molecule has 6 heteroatoms. The van der Waals surface area contributed by atoms with Crippen molar-refractivity contribution in [2.45, 2.75) is 44.9 Å². The monoisotopic (exact) mass is 376 g/mol. The van der Waals surface area contributed by atoms with Crippen LogP contribution in [0.15, 0.2) is 18.2 Å². The van der Waals surface area contributed by atoms with Gasteiger partial charge in [0.2, 0.25) is 6.79 Å². The number of hydrogen-bond acceptors (Lipinski definition) is 6. The lowest BCUT2D eigenvalue weighted by Crippen LogP contribution is -2.48. The largest absolute Gasteiger partial charge is 0.454 e. The molecule has 0 amide bonds. The van der Waals surface area contributed by atoms with E-state index in [1.54, 1.807) is 0 Å². The Morgan fingerprint density at radius 3 is 2.67 bits per heavy atom. The molecule has 0 bridgehead atoms. The van der Waals surface area contributed by atoms with Crippen molar-refractivity contribution >= 4 is 0 Å². The maximum absolute atomic E-state index is 10.3. The van der Waals surface area contributed by atoms with Gasteiger partial charge in [-0.15, -0.1) is 0 Å². The van der Waals surface area contributed by atoms with Gasteiger partial charge in [0.1, 0.15) is 0 Å². The maximum Gasteiger partial charge on any atom is 0.231 e. The highest BCUT2D eigenvalue weighted by molar-refractivity contribution is 5.44. The summed E-state index contributed by atoms with van der Waals surface area (Å²) < 4.78 is 16.8. The van der Waals surface area contributed by atoms with Crippen molar-refractivity contribution in [1.29, 1.82) is 0 Å². The molecule has 4 rings (SSSR count). The third-order valence-electron chi connectivity index (χ3n) is 6.06. The summed E-state index contributed by atoms with van der Waals surface area (Å²) in [5.41, 5.74) is 1.26. The van der Waals surface area contributed by atoms with Gasteiger partial charge in [-0.2, -0.15) is 0 Å². The standard InChI is InChI=1S/C21H32N2O4/c1-16-3-2-4-19(16)25-14-18(24)13-23-9-7-22(8-10-23)12-17-5-6-20-21(11-17)27-15-26-20/h5-6,11,16,18-19,24H,2-4,7-10,12-15H2,1H3/t16-,18-,19+/m1/s1. The van der Waals surface area contributed by atoms with E-state index in [0.29, 0.717) is 32.0 Å². The second-order valence-electron chi connectivity index (χ2n) is 8.20. The fraction of sp³-hybridized carbons (Fsp3) is 0.714. The first-order valence-electron chi connectivity index (χ1n) is 10.3. The minimum atomic E-state index is -0.391. The molecule has 150 valence electrons. The van der Waals surface area contributed by atoms with Crippen LogP contribution in [0, 0.1) is 5.92 Å². The van der Waals surface area contributed by atoms with Gasteiger partial charge in [0.05, 0.1) is 18.8 Å². The number of piperazine rings is 1. The van der Waals surface area contributed by atoms with Gasteiger partial charge in [0, 0.05) is 39.3 Å². The second-order valence-corrected chi connectivity index (χ2v) is 8.20. The zero-order chi connectivity index (χ0) is 18.6. The minimum absolute atomic E-state index is 0.323. The predicted molar refractivity (Wildman–Crippen MR) is 103 cm³/mol. The van der Waals surface area contributed by atoms with E-state index in [2.05, 4.69) is 28.9 Å². The molecule has 27 heavy (non-hydrogen) atoms. The van der Waals surface area contributed by atoms with Crippen molar-refractivity contribution in [3.05, 3.63) is 23.8 Å². The van der Waals surface area contributed by atoms with Gasteiger partial charge < -0.3 is 19.3 Å². The molecule has 3 atom stereocenters. The average Bonchev–Trinajstić information content (AvgIpc) is 3.30. The van der Waals surface area contributed by atoms with E-state index in [1.165, 1.54) is 18.4 Å². The van der Waals surface area contributed by atoms with E-state index in [4.69, 9.17) is 14.2 Å².